The lowest BCUT2D eigenvalue weighted by molar-refractivity contribution is 0.102. The third-order valence-electron chi connectivity index (χ3n) is 2.73. The van der Waals surface area contributed by atoms with Crippen molar-refractivity contribution in [3.05, 3.63) is 45.5 Å². The number of anilines is 2. The third-order valence-corrected chi connectivity index (χ3v) is 3.62. The van der Waals surface area contributed by atoms with Crippen molar-refractivity contribution in [1.82, 2.24) is 4.98 Å². The monoisotopic (exact) mass is 369 g/mol. The van der Waals surface area contributed by atoms with Crippen LogP contribution < -0.4 is 15.4 Å². The Morgan fingerprint density at radius 1 is 1.33 bits per heavy atom. The van der Waals surface area contributed by atoms with Gasteiger partial charge in [-0.3, -0.25) is 4.79 Å². The van der Waals surface area contributed by atoms with Crippen LogP contribution in [0.1, 0.15) is 10.4 Å². The largest absolute Gasteiger partial charge is 0.497 e. The topological polar surface area (TPSA) is 63.2 Å². The van der Waals surface area contributed by atoms with Gasteiger partial charge in [-0.2, -0.15) is 0 Å². The predicted octanol–water partition coefficient (Wildman–Crippen LogP) is 3.80. The number of nitrogens with zero attached hydrogens (tertiary/aromatic N) is 1. The maximum absolute atomic E-state index is 12.3. The van der Waals surface area contributed by atoms with Gasteiger partial charge in [0.2, 0.25) is 0 Å². The molecular formula is C14H13BrClN3O2. The molecule has 1 amide bonds. The normalized spacial score (nSPS) is 10.1. The number of pyridine rings is 1. The molecule has 0 radical (unpaired) electrons. The lowest BCUT2D eigenvalue weighted by Crippen LogP contribution is -2.13. The Kier molecular flexibility index (Phi) is 5.03. The van der Waals surface area contributed by atoms with Gasteiger partial charge in [-0.15, -0.1) is 0 Å². The number of hydrogen-bond donors (Lipinski definition) is 2. The summed E-state index contributed by atoms with van der Waals surface area (Å²) in [4.78, 5) is 16.3. The number of benzene rings is 1. The Hall–Kier alpha value is -1.79. The van der Waals surface area contributed by atoms with Gasteiger partial charge in [-0.25, -0.2) is 4.98 Å². The summed E-state index contributed by atoms with van der Waals surface area (Å²) in [6, 6.07) is 8.44. The minimum Gasteiger partial charge on any atom is -0.497 e. The third kappa shape index (κ3) is 3.86. The van der Waals surface area contributed by atoms with E-state index in [1.807, 2.05) is 0 Å². The quantitative estimate of drug-likeness (QED) is 0.804. The summed E-state index contributed by atoms with van der Waals surface area (Å²) in [6.45, 7) is 0. The minimum absolute atomic E-state index is 0.247. The van der Waals surface area contributed by atoms with Crippen LogP contribution >= 0.6 is 27.5 Å². The summed E-state index contributed by atoms with van der Waals surface area (Å²) in [6.07, 6.45) is 0. The summed E-state index contributed by atoms with van der Waals surface area (Å²) < 4.78 is 5.89. The van der Waals surface area contributed by atoms with Crippen molar-refractivity contribution in [1.29, 1.82) is 0 Å². The van der Waals surface area contributed by atoms with E-state index in [0.717, 1.165) is 4.47 Å². The Bertz CT molecular complexity index is 679. The molecule has 0 saturated heterocycles. The van der Waals surface area contributed by atoms with Gasteiger partial charge < -0.3 is 15.4 Å². The number of amides is 1. The van der Waals surface area contributed by atoms with E-state index in [4.69, 9.17) is 16.3 Å². The Balaban J connectivity index is 2.27. The molecule has 110 valence electrons. The maximum Gasteiger partial charge on any atom is 0.255 e. The van der Waals surface area contributed by atoms with E-state index in [1.165, 1.54) is 6.07 Å². The van der Waals surface area contributed by atoms with E-state index in [9.17, 15) is 4.79 Å². The summed E-state index contributed by atoms with van der Waals surface area (Å²) in [5.74, 6) is 0.888. The highest BCUT2D eigenvalue weighted by Crippen LogP contribution is 2.27. The minimum atomic E-state index is -0.287. The van der Waals surface area contributed by atoms with Crippen LogP contribution in [0.5, 0.6) is 5.75 Å². The first-order valence-corrected chi connectivity index (χ1v) is 7.21. The van der Waals surface area contributed by atoms with Gasteiger partial charge in [0.1, 0.15) is 16.7 Å². The van der Waals surface area contributed by atoms with Gasteiger partial charge in [-0.05, 0) is 40.2 Å². The van der Waals surface area contributed by atoms with Gasteiger partial charge in [0, 0.05) is 23.2 Å². The van der Waals surface area contributed by atoms with E-state index in [0.29, 0.717) is 22.8 Å². The highest BCUT2D eigenvalue weighted by Gasteiger charge is 2.11. The molecule has 0 fully saturated rings. The summed E-state index contributed by atoms with van der Waals surface area (Å²) in [5, 5.41) is 5.90. The number of hydrogen-bond acceptors (Lipinski definition) is 4. The molecule has 0 unspecified atom stereocenters. The molecule has 2 rings (SSSR count). The molecule has 2 aromatic rings. The zero-order chi connectivity index (χ0) is 15.4. The van der Waals surface area contributed by atoms with Crippen LogP contribution in [-0.2, 0) is 0 Å². The number of ether oxygens (including phenoxy) is 1. The number of carbonyl (C=O) groups is 1. The fourth-order valence-electron chi connectivity index (χ4n) is 1.68. The molecule has 5 nitrogen and oxygen atoms in total. The second-order valence-corrected chi connectivity index (χ2v) is 5.36. The SMILES string of the molecule is CNc1cc(C(=O)Nc2cc(OC)ccc2Br)cc(Cl)n1. The standard InChI is InChI=1S/C14H13BrClN3O2/c1-17-13-6-8(5-12(16)19-13)14(20)18-11-7-9(21-2)3-4-10(11)15/h3-7H,1-2H3,(H,17,19)(H,18,20). The predicted molar refractivity (Wildman–Crippen MR) is 87.4 cm³/mol. The van der Waals surface area contributed by atoms with Crippen LogP contribution in [0.2, 0.25) is 5.15 Å². The molecule has 0 bridgehead atoms. The van der Waals surface area contributed by atoms with Crippen LogP contribution in [0.3, 0.4) is 0 Å². The van der Waals surface area contributed by atoms with E-state index in [2.05, 4.69) is 31.5 Å². The van der Waals surface area contributed by atoms with Crippen molar-refractivity contribution < 1.29 is 9.53 Å². The van der Waals surface area contributed by atoms with Crippen LogP contribution in [0, 0.1) is 0 Å². The zero-order valence-corrected chi connectivity index (χ0v) is 13.7. The second kappa shape index (κ2) is 6.78. The molecular weight excluding hydrogens is 358 g/mol. The van der Waals surface area contributed by atoms with E-state index in [1.54, 1.807) is 38.4 Å². The molecule has 1 heterocycles. The van der Waals surface area contributed by atoms with Gasteiger partial charge in [0.15, 0.2) is 0 Å². The molecule has 2 N–H and O–H groups in total. The fourth-order valence-corrected chi connectivity index (χ4v) is 2.23. The molecule has 0 aliphatic carbocycles. The van der Waals surface area contributed by atoms with Crippen LogP contribution in [0.4, 0.5) is 11.5 Å². The first-order valence-electron chi connectivity index (χ1n) is 6.03. The summed E-state index contributed by atoms with van der Waals surface area (Å²) in [5.41, 5.74) is 1.02. The Morgan fingerprint density at radius 2 is 2.10 bits per heavy atom. The van der Waals surface area contributed by atoms with Crippen molar-refractivity contribution in [2.24, 2.45) is 0 Å². The number of methoxy groups -OCH3 is 1. The van der Waals surface area contributed by atoms with Crippen LogP contribution in [0.25, 0.3) is 0 Å². The average Bonchev–Trinajstić information content (AvgIpc) is 2.48. The van der Waals surface area contributed by atoms with Gasteiger partial charge in [0.25, 0.3) is 5.91 Å². The van der Waals surface area contributed by atoms with Crippen molar-refractivity contribution >= 4 is 44.9 Å². The fraction of sp³-hybridized carbons (Fsp3) is 0.143. The van der Waals surface area contributed by atoms with Crippen molar-refractivity contribution in [2.75, 3.05) is 24.8 Å². The van der Waals surface area contributed by atoms with E-state index in [-0.39, 0.29) is 11.1 Å². The maximum atomic E-state index is 12.3. The molecule has 0 spiro atoms. The van der Waals surface area contributed by atoms with Gasteiger partial charge in [0.05, 0.1) is 12.8 Å². The molecule has 7 heteroatoms. The van der Waals surface area contributed by atoms with E-state index >= 15 is 0 Å². The number of carbonyl (C=O) groups excluding carboxylic acids is 1. The molecule has 21 heavy (non-hydrogen) atoms. The summed E-state index contributed by atoms with van der Waals surface area (Å²) in [7, 11) is 3.27. The van der Waals surface area contributed by atoms with Crippen LogP contribution in [0.15, 0.2) is 34.8 Å². The smallest absolute Gasteiger partial charge is 0.255 e. The lowest BCUT2D eigenvalue weighted by Gasteiger charge is -2.10. The lowest BCUT2D eigenvalue weighted by atomic mass is 10.2. The van der Waals surface area contributed by atoms with E-state index < -0.39 is 0 Å². The van der Waals surface area contributed by atoms with Crippen molar-refractivity contribution in [3.63, 3.8) is 0 Å². The first kappa shape index (κ1) is 15.6. The van der Waals surface area contributed by atoms with Crippen molar-refractivity contribution in [3.8, 4) is 5.75 Å². The van der Waals surface area contributed by atoms with Gasteiger partial charge in [-0.1, -0.05) is 11.6 Å². The molecule has 0 saturated carbocycles. The summed E-state index contributed by atoms with van der Waals surface area (Å²) >= 11 is 9.28. The number of nitrogens with one attached hydrogen (secondary N) is 2. The van der Waals surface area contributed by atoms with Crippen molar-refractivity contribution in [2.45, 2.75) is 0 Å². The highest BCUT2D eigenvalue weighted by atomic mass is 79.9. The van der Waals surface area contributed by atoms with Gasteiger partial charge >= 0.3 is 0 Å². The number of aromatic nitrogens is 1. The number of rotatable bonds is 4. The number of halogens is 2. The molecule has 0 aliphatic rings. The Labute approximate surface area is 135 Å². The molecule has 0 aliphatic heterocycles. The molecule has 1 aromatic heterocycles. The Morgan fingerprint density at radius 3 is 2.76 bits per heavy atom. The molecule has 0 atom stereocenters. The second-order valence-electron chi connectivity index (χ2n) is 4.11. The van der Waals surface area contributed by atoms with Crippen LogP contribution in [-0.4, -0.2) is 25.0 Å². The average molecular weight is 371 g/mol. The zero-order valence-electron chi connectivity index (χ0n) is 11.4. The molecule has 1 aromatic carbocycles. The highest BCUT2D eigenvalue weighted by molar-refractivity contribution is 9.10. The first-order chi connectivity index (χ1) is 10.0.